The molecule has 2 aliphatic rings. The third kappa shape index (κ3) is 2.76. The van der Waals surface area contributed by atoms with Gasteiger partial charge in [-0.3, -0.25) is 4.90 Å². The largest absolute Gasteiger partial charge is 0.373 e. The van der Waals surface area contributed by atoms with E-state index in [-0.39, 0.29) is 6.10 Å². The molecule has 2 aromatic rings. The van der Waals surface area contributed by atoms with Crippen LogP contribution in [0.4, 0.5) is 5.95 Å². The molecule has 2 N–H and O–H groups in total. The lowest BCUT2D eigenvalue weighted by Crippen LogP contribution is -2.53. The molecule has 2 atom stereocenters. The van der Waals surface area contributed by atoms with E-state index in [0.717, 1.165) is 36.7 Å². The zero-order chi connectivity index (χ0) is 14.1. The van der Waals surface area contributed by atoms with Crippen molar-refractivity contribution >= 4 is 17.0 Å². The lowest BCUT2D eigenvalue weighted by molar-refractivity contribution is -0.0689. The van der Waals surface area contributed by atoms with E-state index in [0.29, 0.717) is 6.04 Å². The van der Waals surface area contributed by atoms with Crippen molar-refractivity contribution in [1.29, 1.82) is 0 Å². The zero-order valence-electron chi connectivity index (χ0n) is 12.2. The highest BCUT2D eigenvalue weighted by atomic mass is 16.5. The molecule has 112 valence electrons. The number of fused-ring (bicyclic) bond motifs is 2. The van der Waals surface area contributed by atoms with E-state index in [1.165, 1.54) is 25.8 Å². The maximum atomic E-state index is 6.00. The first-order chi connectivity index (χ1) is 10.4. The molecule has 0 spiro atoms. The lowest BCUT2D eigenvalue weighted by atomic mass is 10.0. The Morgan fingerprint density at radius 2 is 2.29 bits per heavy atom. The van der Waals surface area contributed by atoms with Crippen molar-refractivity contribution < 1.29 is 4.74 Å². The van der Waals surface area contributed by atoms with Gasteiger partial charge < -0.3 is 15.0 Å². The smallest absolute Gasteiger partial charge is 0.201 e. The molecular weight excluding hydrogens is 264 g/mol. The quantitative estimate of drug-likeness (QED) is 0.908. The number of benzene rings is 1. The summed E-state index contributed by atoms with van der Waals surface area (Å²) in [6, 6.07) is 8.75. The fraction of sp³-hybridized carbons (Fsp3) is 0.562. The van der Waals surface area contributed by atoms with E-state index in [1.807, 2.05) is 24.3 Å². The molecule has 0 saturated carbocycles. The first-order valence-corrected chi connectivity index (χ1v) is 7.93. The molecule has 5 nitrogen and oxygen atoms in total. The second-order valence-corrected chi connectivity index (χ2v) is 6.08. The number of morpholine rings is 1. The number of hydrogen-bond acceptors (Lipinski definition) is 4. The van der Waals surface area contributed by atoms with Gasteiger partial charge in [0.1, 0.15) is 0 Å². The van der Waals surface area contributed by atoms with E-state index < -0.39 is 0 Å². The summed E-state index contributed by atoms with van der Waals surface area (Å²) < 4.78 is 6.00. The number of hydrogen-bond donors (Lipinski definition) is 2. The van der Waals surface area contributed by atoms with E-state index >= 15 is 0 Å². The summed E-state index contributed by atoms with van der Waals surface area (Å²) >= 11 is 0. The monoisotopic (exact) mass is 286 g/mol. The predicted molar refractivity (Wildman–Crippen MR) is 83.5 cm³/mol. The van der Waals surface area contributed by atoms with Gasteiger partial charge in [0, 0.05) is 19.1 Å². The number of H-pyrrole nitrogens is 1. The molecule has 5 heteroatoms. The molecule has 0 amide bonds. The Balaban J connectivity index is 1.36. The zero-order valence-corrected chi connectivity index (χ0v) is 12.2. The van der Waals surface area contributed by atoms with Crippen LogP contribution in [0.3, 0.4) is 0 Å². The maximum absolute atomic E-state index is 6.00. The molecule has 4 rings (SSSR count). The van der Waals surface area contributed by atoms with Gasteiger partial charge in [0.25, 0.3) is 0 Å². The van der Waals surface area contributed by atoms with Gasteiger partial charge in [-0.05, 0) is 31.5 Å². The van der Waals surface area contributed by atoms with Gasteiger partial charge in [0.05, 0.1) is 23.7 Å². The molecule has 1 aromatic carbocycles. The van der Waals surface area contributed by atoms with Gasteiger partial charge in [-0.15, -0.1) is 0 Å². The minimum Gasteiger partial charge on any atom is -0.373 e. The van der Waals surface area contributed by atoms with E-state index in [4.69, 9.17) is 4.74 Å². The Bertz CT molecular complexity index is 578. The molecule has 3 heterocycles. The summed E-state index contributed by atoms with van der Waals surface area (Å²) in [5.74, 6) is 0.834. The minimum atomic E-state index is 0.257. The number of nitrogens with one attached hydrogen (secondary N) is 2. The molecule has 1 aromatic heterocycles. The number of anilines is 1. The van der Waals surface area contributed by atoms with Crippen molar-refractivity contribution in [2.24, 2.45) is 0 Å². The van der Waals surface area contributed by atoms with Crippen LogP contribution >= 0.6 is 0 Å². The summed E-state index contributed by atoms with van der Waals surface area (Å²) in [5, 5.41) is 3.38. The van der Waals surface area contributed by atoms with Gasteiger partial charge in [-0.1, -0.05) is 18.6 Å². The van der Waals surface area contributed by atoms with Crippen LogP contribution in [0.15, 0.2) is 24.3 Å². The topological polar surface area (TPSA) is 53.2 Å². The normalized spacial score (nSPS) is 26.7. The van der Waals surface area contributed by atoms with E-state index in [1.54, 1.807) is 0 Å². The highest BCUT2D eigenvalue weighted by molar-refractivity contribution is 5.77. The van der Waals surface area contributed by atoms with Gasteiger partial charge in [-0.25, -0.2) is 4.98 Å². The minimum absolute atomic E-state index is 0.257. The van der Waals surface area contributed by atoms with Crippen molar-refractivity contribution in [2.45, 2.75) is 31.4 Å². The average Bonchev–Trinajstić information content (AvgIpc) is 2.95. The van der Waals surface area contributed by atoms with Gasteiger partial charge in [0.2, 0.25) is 5.95 Å². The number of aromatic amines is 1. The highest BCUT2D eigenvalue weighted by Crippen LogP contribution is 2.22. The number of aromatic nitrogens is 2. The maximum Gasteiger partial charge on any atom is 0.201 e. The van der Waals surface area contributed by atoms with E-state index in [2.05, 4.69) is 20.2 Å². The molecule has 0 aliphatic carbocycles. The summed E-state index contributed by atoms with van der Waals surface area (Å²) in [6.07, 6.45) is 4.24. The van der Waals surface area contributed by atoms with Crippen LogP contribution < -0.4 is 5.32 Å². The second-order valence-electron chi connectivity index (χ2n) is 6.08. The molecule has 2 aliphatic heterocycles. The van der Waals surface area contributed by atoms with Gasteiger partial charge >= 0.3 is 0 Å². The van der Waals surface area contributed by atoms with Gasteiger partial charge in [-0.2, -0.15) is 0 Å². The fourth-order valence-electron chi connectivity index (χ4n) is 3.42. The second kappa shape index (κ2) is 5.66. The van der Waals surface area contributed by atoms with Crippen molar-refractivity contribution in [3.05, 3.63) is 24.3 Å². The molecule has 21 heavy (non-hydrogen) atoms. The Morgan fingerprint density at radius 1 is 1.33 bits per heavy atom. The number of ether oxygens (including phenoxy) is 1. The number of rotatable bonds is 3. The molecule has 2 saturated heterocycles. The van der Waals surface area contributed by atoms with Crippen LogP contribution in [0.2, 0.25) is 0 Å². The summed E-state index contributed by atoms with van der Waals surface area (Å²) in [7, 11) is 0. The summed E-state index contributed by atoms with van der Waals surface area (Å²) in [5.41, 5.74) is 2.07. The van der Waals surface area contributed by atoms with Crippen LogP contribution in [0.1, 0.15) is 19.3 Å². The Hall–Kier alpha value is -1.59. The molecular formula is C16H22N4O. The number of imidazole rings is 1. The SMILES string of the molecule is c1ccc2[nH]c(NCC3CN4CCCCC4CO3)nc2c1. The van der Waals surface area contributed by atoms with Crippen LogP contribution in [0, 0.1) is 0 Å². The number of para-hydroxylation sites is 2. The predicted octanol–water partition coefficient (Wildman–Crippen LogP) is 2.23. The van der Waals surface area contributed by atoms with Crippen molar-refractivity contribution in [1.82, 2.24) is 14.9 Å². The first-order valence-electron chi connectivity index (χ1n) is 7.93. The number of nitrogens with zero attached hydrogens (tertiary/aromatic N) is 2. The van der Waals surface area contributed by atoms with Crippen molar-refractivity contribution in [3.63, 3.8) is 0 Å². The Kier molecular flexibility index (Phi) is 3.53. The fourth-order valence-corrected chi connectivity index (χ4v) is 3.42. The first kappa shape index (κ1) is 13.1. The summed E-state index contributed by atoms with van der Waals surface area (Å²) in [6.45, 7) is 3.96. The average molecular weight is 286 g/mol. The lowest BCUT2D eigenvalue weighted by Gasteiger charge is -2.42. The molecule has 2 fully saturated rings. The molecule has 0 bridgehead atoms. The molecule has 2 unspecified atom stereocenters. The van der Waals surface area contributed by atoms with Crippen LogP contribution in [-0.2, 0) is 4.74 Å². The third-order valence-electron chi connectivity index (χ3n) is 4.60. The third-order valence-corrected chi connectivity index (χ3v) is 4.60. The Morgan fingerprint density at radius 3 is 3.24 bits per heavy atom. The molecule has 0 radical (unpaired) electrons. The highest BCUT2D eigenvalue weighted by Gasteiger charge is 2.30. The van der Waals surface area contributed by atoms with Crippen LogP contribution in [0.25, 0.3) is 11.0 Å². The standard InChI is InChI=1S/C16H22N4O/c1-2-7-15-14(6-1)18-16(19-15)17-9-13-10-20-8-4-3-5-12(20)11-21-13/h1-2,6-7,12-13H,3-5,8-11H2,(H2,17,18,19). The Labute approximate surface area is 124 Å². The summed E-state index contributed by atoms with van der Waals surface area (Å²) in [4.78, 5) is 10.4. The van der Waals surface area contributed by atoms with Crippen LogP contribution in [-0.4, -0.2) is 53.3 Å². The van der Waals surface area contributed by atoms with E-state index in [9.17, 15) is 0 Å². The van der Waals surface area contributed by atoms with Crippen LogP contribution in [0.5, 0.6) is 0 Å². The van der Waals surface area contributed by atoms with Gasteiger partial charge in [0.15, 0.2) is 0 Å². The van der Waals surface area contributed by atoms with Crippen molar-refractivity contribution in [2.75, 3.05) is 31.6 Å². The van der Waals surface area contributed by atoms with Crippen molar-refractivity contribution in [3.8, 4) is 0 Å². The number of piperidine rings is 1.